The van der Waals surface area contributed by atoms with Crippen LogP contribution in [0, 0.1) is 0 Å². The third-order valence-electron chi connectivity index (χ3n) is 3.51. The minimum absolute atomic E-state index is 0.151. The second kappa shape index (κ2) is 8.95. The molecule has 0 bridgehead atoms. The number of aromatic nitrogens is 1. The third kappa shape index (κ3) is 5.30. The third-order valence-corrected chi connectivity index (χ3v) is 3.51. The zero-order valence-electron chi connectivity index (χ0n) is 12.9. The van der Waals surface area contributed by atoms with E-state index >= 15 is 0 Å². The van der Waals surface area contributed by atoms with Gasteiger partial charge in [-0.15, -0.1) is 0 Å². The molecule has 116 valence electrons. The quantitative estimate of drug-likeness (QED) is 0.752. The molecule has 2 aromatic rings. The lowest BCUT2D eigenvalue weighted by Crippen LogP contribution is -2.33. The van der Waals surface area contributed by atoms with E-state index in [4.69, 9.17) is 4.74 Å². The summed E-state index contributed by atoms with van der Waals surface area (Å²) < 4.78 is 5.12. The van der Waals surface area contributed by atoms with E-state index in [1.165, 1.54) is 5.56 Å². The molecule has 0 atom stereocenters. The summed E-state index contributed by atoms with van der Waals surface area (Å²) in [6.07, 6.45) is 4.77. The molecular weight excluding hydrogens is 276 g/mol. The van der Waals surface area contributed by atoms with Crippen LogP contribution in [0.5, 0.6) is 0 Å². The van der Waals surface area contributed by atoms with E-state index in [1.807, 2.05) is 35.2 Å². The lowest BCUT2D eigenvalue weighted by Gasteiger charge is -2.22. The summed E-state index contributed by atoms with van der Waals surface area (Å²) in [7, 11) is 1.65. The van der Waals surface area contributed by atoms with Crippen LogP contribution >= 0.6 is 0 Å². The van der Waals surface area contributed by atoms with Gasteiger partial charge >= 0.3 is 0 Å². The van der Waals surface area contributed by atoms with Gasteiger partial charge in [0.15, 0.2) is 0 Å². The van der Waals surface area contributed by atoms with Crippen LogP contribution in [0.2, 0.25) is 0 Å². The van der Waals surface area contributed by atoms with Crippen LogP contribution in [-0.4, -0.2) is 36.1 Å². The average molecular weight is 298 g/mol. The van der Waals surface area contributed by atoms with E-state index in [-0.39, 0.29) is 5.91 Å². The van der Waals surface area contributed by atoms with Crippen molar-refractivity contribution < 1.29 is 9.53 Å². The van der Waals surface area contributed by atoms with Crippen molar-refractivity contribution in [1.29, 1.82) is 0 Å². The number of hydrogen-bond donors (Lipinski definition) is 0. The molecule has 1 aromatic carbocycles. The van der Waals surface area contributed by atoms with Gasteiger partial charge in [0.25, 0.3) is 0 Å². The Kier molecular flexibility index (Phi) is 6.58. The summed E-state index contributed by atoms with van der Waals surface area (Å²) in [5.74, 6) is 0.151. The van der Waals surface area contributed by atoms with E-state index in [2.05, 4.69) is 17.1 Å². The molecule has 0 aliphatic heterocycles. The monoisotopic (exact) mass is 298 g/mol. The summed E-state index contributed by atoms with van der Waals surface area (Å²) in [6.45, 7) is 1.74. The van der Waals surface area contributed by atoms with Gasteiger partial charge in [0.05, 0.1) is 6.61 Å². The maximum atomic E-state index is 12.5. The van der Waals surface area contributed by atoms with Crippen LogP contribution in [0.3, 0.4) is 0 Å². The van der Waals surface area contributed by atoms with E-state index < -0.39 is 0 Å². The molecule has 0 spiro atoms. The minimum atomic E-state index is 0.151. The molecule has 2 rings (SSSR count). The first-order chi connectivity index (χ1) is 10.8. The van der Waals surface area contributed by atoms with Gasteiger partial charge in [-0.1, -0.05) is 30.3 Å². The lowest BCUT2D eigenvalue weighted by atomic mass is 10.1. The first-order valence-electron chi connectivity index (χ1n) is 7.49. The molecule has 0 aliphatic rings. The van der Waals surface area contributed by atoms with Gasteiger partial charge in [-0.05, 0) is 29.7 Å². The average Bonchev–Trinajstić information content (AvgIpc) is 2.58. The predicted molar refractivity (Wildman–Crippen MR) is 86.3 cm³/mol. The second-order valence-electron chi connectivity index (χ2n) is 5.15. The number of hydrogen-bond acceptors (Lipinski definition) is 3. The fraction of sp³-hybridized carbons (Fsp3) is 0.333. The molecule has 1 heterocycles. The van der Waals surface area contributed by atoms with E-state index in [9.17, 15) is 4.79 Å². The molecule has 0 radical (unpaired) electrons. The molecule has 4 nitrogen and oxygen atoms in total. The number of amides is 1. The topological polar surface area (TPSA) is 42.4 Å². The maximum Gasteiger partial charge on any atom is 0.223 e. The van der Waals surface area contributed by atoms with Gasteiger partial charge in [-0.2, -0.15) is 0 Å². The normalized spacial score (nSPS) is 10.4. The highest BCUT2D eigenvalue weighted by Gasteiger charge is 2.13. The van der Waals surface area contributed by atoms with E-state index in [1.54, 1.807) is 19.5 Å². The van der Waals surface area contributed by atoms with Gasteiger partial charge in [-0.25, -0.2) is 0 Å². The van der Waals surface area contributed by atoms with Gasteiger partial charge in [0, 0.05) is 39.0 Å². The largest absolute Gasteiger partial charge is 0.383 e. The van der Waals surface area contributed by atoms with Crippen LogP contribution in [0.15, 0.2) is 54.9 Å². The first kappa shape index (κ1) is 16.2. The molecule has 22 heavy (non-hydrogen) atoms. The Bertz CT molecular complexity index is 558. The zero-order valence-corrected chi connectivity index (χ0v) is 12.9. The highest BCUT2D eigenvalue weighted by molar-refractivity contribution is 5.76. The number of carbonyl (C=O) groups is 1. The number of aryl methyl sites for hydroxylation is 1. The van der Waals surface area contributed by atoms with Crippen molar-refractivity contribution in [1.82, 2.24) is 9.88 Å². The molecule has 1 aromatic heterocycles. The number of carbonyl (C=O) groups excluding carboxylic acids is 1. The second-order valence-corrected chi connectivity index (χ2v) is 5.15. The van der Waals surface area contributed by atoms with Crippen molar-refractivity contribution in [2.75, 3.05) is 20.3 Å². The molecule has 0 saturated heterocycles. The molecular formula is C18H22N2O2. The summed E-state index contributed by atoms with van der Waals surface area (Å²) in [5, 5.41) is 0. The highest BCUT2D eigenvalue weighted by atomic mass is 16.5. The smallest absolute Gasteiger partial charge is 0.223 e. The fourth-order valence-electron chi connectivity index (χ4n) is 2.26. The molecule has 1 amide bonds. The number of pyridine rings is 1. The molecule has 0 unspecified atom stereocenters. The number of methoxy groups -OCH3 is 1. The van der Waals surface area contributed by atoms with Crippen LogP contribution in [0.1, 0.15) is 17.5 Å². The Balaban J connectivity index is 1.93. The van der Waals surface area contributed by atoms with Crippen LogP contribution in [0.4, 0.5) is 0 Å². The molecule has 0 aliphatic carbocycles. The molecule has 0 saturated carbocycles. The standard InChI is InChI=1S/C18H22N2O2/c1-22-14-13-20(15-17-9-11-19-12-10-17)18(21)8-7-16-5-3-2-4-6-16/h2-6,9-12H,7-8,13-15H2,1H3. The van der Waals surface area contributed by atoms with Crippen molar-refractivity contribution in [3.8, 4) is 0 Å². The Morgan fingerprint density at radius 3 is 2.50 bits per heavy atom. The first-order valence-corrected chi connectivity index (χ1v) is 7.49. The maximum absolute atomic E-state index is 12.5. The fourth-order valence-corrected chi connectivity index (χ4v) is 2.26. The summed E-state index contributed by atoms with van der Waals surface area (Å²) >= 11 is 0. The Morgan fingerprint density at radius 1 is 1.09 bits per heavy atom. The molecule has 4 heteroatoms. The Morgan fingerprint density at radius 2 is 1.82 bits per heavy atom. The van der Waals surface area contributed by atoms with Crippen molar-refractivity contribution >= 4 is 5.91 Å². The predicted octanol–water partition coefficient (Wildman–Crippen LogP) is 2.69. The van der Waals surface area contributed by atoms with Crippen LogP contribution in [-0.2, 0) is 22.5 Å². The lowest BCUT2D eigenvalue weighted by molar-refractivity contribution is -0.132. The van der Waals surface area contributed by atoms with Crippen LogP contribution < -0.4 is 0 Å². The number of ether oxygens (including phenoxy) is 1. The zero-order chi connectivity index (χ0) is 15.6. The van der Waals surface area contributed by atoms with E-state index in [0.29, 0.717) is 26.1 Å². The van der Waals surface area contributed by atoms with E-state index in [0.717, 1.165) is 12.0 Å². The number of benzene rings is 1. The van der Waals surface area contributed by atoms with Gasteiger partial charge in [-0.3, -0.25) is 9.78 Å². The van der Waals surface area contributed by atoms with Crippen LogP contribution in [0.25, 0.3) is 0 Å². The summed E-state index contributed by atoms with van der Waals surface area (Å²) in [4.78, 5) is 18.3. The summed E-state index contributed by atoms with van der Waals surface area (Å²) in [6, 6.07) is 14.0. The van der Waals surface area contributed by atoms with Crippen molar-refractivity contribution in [2.24, 2.45) is 0 Å². The molecule has 0 N–H and O–H groups in total. The van der Waals surface area contributed by atoms with Crippen molar-refractivity contribution in [2.45, 2.75) is 19.4 Å². The number of rotatable bonds is 8. The minimum Gasteiger partial charge on any atom is -0.383 e. The van der Waals surface area contributed by atoms with Gasteiger partial charge in [0.1, 0.15) is 0 Å². The highest BCUT2D eigenvalue weighted by Crippen LogP contribution is 2.08. The van der Waals surface area contributed by atoms with Gasteiger partial charge in [0.2, 0.25) is 5.91 Å². The Labute approximate surface area is 131 Å². The summed E-state index contributed by atoms with van der Waals surface area (Å²) in [5.41, 5.74) is 2.27. The SMILES string of the molecule is COCCN(Cc1ccncc1)C(=O)CCc1ccccc1. The Hall–Kier alpha value is -2.20. The van der Waals surface area contributed by atoms with Crippen molar-refractivity contribution in [3.63, 3.8) is 0 Å². The number of nitrogens with zero attached hydrogens (tertiary/aromatic N) is 2. The van der Waals surface area contributed by atoms with Crippen molar-refractivity contribution in [3.05, 3.63) is 66.0 Å². The molecule has 0 fully saturated rings. The van der Waals surface area contributed by atoms with Gasteiger partial charge < -0.3 is 9.64 Å².